The summed E-state index contributed by atoms with van der Waals surface area (Å²) in [5.41, 5.74) is -0.161. The molecule has 0 saturated carbocycles. The summed E-state index contributed by atoms with van der Waals surface area (Å²) in [6.07, 6.45) is -4.77. The Kier molecular flexibility index (Phi) is 6.38. The molecule has 2 aromatic carbocycles. The lowest BCUT2D eigenvalue weighted by atomic mass is 10.2. The van der Waals surface area contributed by atoms with E-state index in [1.165, 1.54) is 0 Å². The highest BCUT2D eigenvalue weighted by Crippen LogP contribution is 2.30. The van der Waals surface area contributed by atoms with E-state index in [4.69, 9.17) is 0 Å². The van der Waals surface area contributed by atoms with Gasteiger partial charge in [-0.1, -0.05) is 36.4 Å². The third-order valence-electron chi connectivity index (χ3n) is 3.45. The first-order valence-corrected chi connectivity index (χ1v) is 9.14. The third-order valence-corrected chi connectivity index (χ3v) is 4.91. The molecular weight excluding hydrogens is 369 g/mol. The minimum Gasteiger partial charge on any atom is -0.352 e. The van der Waals surface area contributed by atoms with Crippen LogP contribution in [0, 0.1) is 0 Å². The van der Waals surface area contributed by atoms with Crippen LogP contribution in [0.1, 0.15) is 17.5 Å². The summed E-state index contributed by atoms with van der Waals surface area (Å²) < 4.78 is 64.3. The van der Waals surface area contributed by atoms with Crippen molar-refractivity contribution in [3.63, 3.8) is 0 Å². The van der Waals surface area contributed by atoms with Crippen LogP contribution in [0.4, 0.5) is 13.2 Å². The maximum absolute atomic E-state index is 12.7. The Morgan fingerprint density at radius 3 is 2.35 bits per heavy atom. The third kappa shape index (κ3) is 5.85. The summed E-state index contributed by atoms with van der Waals surface area (Å²) in [6.45, 7) is 0.0826. The topological polar surface area (TPSA) is 75.3 Å². The molecule has 1 amide bonds. The molecule has 0 heterocycles. The van der Waals surface area contributed by atoms with Crippen molar-refractivity contribution in [3.8, 4) is 0 Å². The molecule has 0 saturated heterocycles. The molecule has 26 heavy (non-hydrogen) atoms. The standard InChI is InChI=1S/C17H17F3N2O3S/c18-17(19,20)14-7-4-8-15(11-14)26(24,25)22-10-9-16(23)21-12-13-5-2-1-3-6-13/h1-8,11,22H,9-10,12H2,(H,21,23). The Morgan fingerprint density at radius 1 is 1.00 bits per heavy atom. The number of rotatable bonds is 7. The molecule has 0 aliphatic carbocycles. The van der Waals surface area contributed by atoms with Crippen LogP contribution < -0.4 is 10.0 Å². The van der Waals surface area contributed by atoms with Crippen molar-refractivity contribution in [2.24, 2.45) is 0 Å². The Bertz CT molecular complexity index is 853. The lowest BCUT2D eigenvalue weighted by Gasteiger charge is -2.10. The molecule has 140 valence electrons. The van der Waals surface area contributed by atoms with E-state index in [9.17, 15) is 26.4 Å². The predicted octanol–water partition coefficient (Wildman–Crippen LogP) is 2.69. The number of hydrogen-bond acceptors (Lipinski definition) is 3. The quantitative estimate of drug-likeness (QED) is 0.768. The zero-order chi connectivity index (χ0) is 19.2. The van der Waals surface area contributed by atoms with Gasteiger partial charge < -0.3 is 5.32 Å². The smallest absolute Gasteiger partial charge is 0.352 e. The Morgan fingerprint density at radius 2 is 1.69 bits per heavy atom. The number of alkyl halides is 3. The van der Waals surface area contributed by atoms with Crippen molar-refractivity contribution >= 4 is 15.9 Å². The van der Waals surface area contributed by atoms with Crippen LogP contribution in [0.5, 0.6) is 0 Å². The van der Waals surface area contributed by atoms with Gasteiger partial charge in [-0.25, -0.2) is 13.1 Å². The molecule has 0 unspecified atom stereocenters. The number of benzene rings is 2. The van der Waals surface area contributed by atoms with E-state index >= 15 is 0 Å². The molecule has 0 aliphatic rings. The fourth-order valence-corrected chi connectivity index (χ4v) is 3.18. The molecule has 0 aliphatic heterocycles. The van der Waals surface area contributed by atoms with Gasteiger partial charge in [0.15, 0.2) is 0 Å². The SMILES string of the molecule is O=C(CCNS(=O)(=O)c1cccc(C(F)(F)F)c1)NCc1ccccc1. The Labute approximate surface area is 149 Å². The minimum atomic E-state index is -4.64. The zero-order valence-corrected chi connectivity index (χ0v) is 14.4. The molecule has 0 bridgehead atoms. The highest BCUT2D eigenvalue weighted by molar-refractivity contribution is 7.89. The molecule has 2 rings (SSSR count). The first kappa shape index (κ1) is 19.9. The number of amides is 1. The first-order valence-electron chi connectivity index (χ1n) is 7.66. The Hall–Kier alpha value is -2.39. The monoisotopic (exact) mass is 386 g/mol. The van der Waals surface area contributed by atoms with Gasteiger partial charge in [-0.05, 0) is 23.8 Å². The second-order valence-corrected chi connectivity index (χ2v) is 7.20. The first-order chi connectivity index (χ1) is 12.2. The van der Waals surface area contributed by atoms with Gasteiger partial charge in [0.05, 0.1) is 10.5 Å². The molecule has 0 radical (unpaired) electrons. The van der Waals surface area contributed by atoms with Crippen molar-refractivity contribution in [1.82, 2.24) is 10.0 Å². The maximum Gasteiger partial charge on any atom is 0.416 e. The van der Waals surface area contributed by atoms with Gasteiger partial charge in [0.2, 0.25) is 15.9 Å². The van der Waals surface area contributed by atoms with Crippen LogP contribution in [0.15, 0.2) is 59.5 Å². The van der Waals surface area contributed by atoms with Crippen LogP contribution in [-0.2, 0) is 27.5 Å². The van der Waals surface area contributed by atoms with Crippen LogP contribution >= 0.6 is 0 Å². The Balaban J connectivity index is 1.87. The number of nitrogens with one attached hydrogen (secondary N) is 2. The van der Waals surface area contributed by atoms with Gasteiger partial charge in [-0.3, -0.25) is 4.79 Å². The van der Waals surface area contributed by atoms with E-state index in [1.807, 2.05) is 30.3 Å². The van der Waals surface area contributed by atoms with Gasteiger partial charge in [0, 0.05) is 19.5 Å². The number of carbonyl (C=O) groups excluding carboxylic acids is 1. The molecule has 5 nitrogen and oxygen atoms in total. The largest absolute Gasteiger partial charge is 0.416 e. The van der Waals surface area contributed by atoms with E-state index in [0.29, 0.717) is 12.6 Å². The van der Waals surface area contributed by atoms with Crippen molar-refractivity contribution in [2.45, 2.75) is 24.0 Å². The summed E-state index contributed by atoms with van der Waals surface area (Å²) in [7, 11) is -4.14. The van der Waals surface area contributed by atoms with Gasteiger partial charge in [0.25, 0.3) is 0 Å². The number of carbonyl (C=O) groups is 1. The molecule has 0 atom stereocenters. The van der Waals surface area contributed by atoms with Crippen molar-refractivity contribution in [3.05, 3.63) is 65.7 Å². The van der Waals surface area contributed by atoms with E-state index in [2.05, 4.69) is 10.0 Å². The highest BCUT2D eigenvalue weighted by Gasteiger charge is 2.31. The number of hydrogen-bond donors (Lipinski definition) is 2. The van der Waals surface area contributed by atoms with Crippen molar-refractivity contribution < 1.29 is 26.4 Å². The van der Waals surface area contributed by atoms with Gasteiger partial charge in [-0.2, -0.15) is 13.2 Å². The van der Waals surface area contributed by atoms with Crippen molar-refractivity contribution in [1.29, 1.82) is 0 Å². The molecule has 2 aromatic rings. The highest BCUT2D eigenvalue weighted by atomic mass is 32.2. The number of halogens is 3. The van der Waals surface area contributed by atoms with Crippen molar-refractivity contribution in [2.75, 3.05) is 6.54 Å². The van der Waals surface area contributed by atoms with E-state index in [0.717, 1.165) is 23.8 Å². The molecule has 0 aromatic heterocycles. The normalized spacial score (nSPS) is 12.0. The lowest BCUT2D eigenvalue weighted by molar-refractivity contribution is -0.137. The average molecular weight is 386 g/mol. The average Bonchev–Trinajstić information content (AvgIpc) is 2.60. The van der Waals surface area contributed by atoms with Crippen LogP contribution in [0.2, 0.25) is 0 Å². The molecular formula is C17H17F3N2O3S. The summed E-state index contributed by atoms with van der Waals surface area (Å²) in [5, 5.41) is 2.63. The maximum atomic E-state index is 12.7. The molecule has 2 N–H and O–H groups in total. The number of sulfonamides is 1. The van der Waals surface area contributed by atoms with Gasteiger partial charge in [0.1, 0.15) is 0 Å². The van der Waals surface area contributed by atoms with E-state index in [-0.39, 0.29) is 18.9 Å². The second kappa shape index (κ2) is 8.33. The molecule has 0 fully saturated rings. The minimum absolute atomic E-state index is 0.134. The summed E-state index contributed by atoms with van der Waals surface area (Å²) in [4.78, 5) is 11.2. The predicted molar refractivity (Wildman–Crippen MR) is 89.5 cm³/mol. The van der Waals surface area contributed by atoms with Gasteiger partial charge >= 0.3 is 6.18 Å². The fraction of sp³-hybridized carbons (Fsp3) is 0.235. The van der Waals surface area contributed by atoms with Gasteiger partial charge in [-0.15, -0.1) is 0 Å². The zero-order valence-electron chi connectivity index (χ0n) is 13.6. The lowest BCUT2D eigenvalue weighted by Crippen LogP contribution is -2.30. The van der Waals surface area contributed by atoms with Crippen LogP contribution in [-0.4, -0.2) is 20.9 Å². The van der Waals surface area contributed by atoms with E-state index in [1.54, 1.807) is 0 Å². The summed E-state index contributed by atoms with van der Waals surface area (Å²) in [5.74, 6) is -0.374. The molecule has 0 spiro atoms. The fourth-order valence-electron chi connectivity index (χ4n) is 2.11. The second-order valence-electron chi connectivity index (χ2n) is 5.44. The van der Waals surface area contributed by atoms with Crippen LogP contribution in [0.25, 0.3) is 0 Å². The summed E-state index contributed by atoms with van der Waals surface area (Å²) in [6, 6.07) is 12.6. The van der Waals surface area contributed by atoms with Crippen LogP contribution in [0.3, 0.4) is 0 Å². The van der Waals surface area contributed by atoms with E-state index < -0.39 is 26.7 Å². The summed E-state index contributed by atoms with van der Waals surface area (Å²) >= 11 is 0. The molecule has 9 heteroatoms.